The van der Waals surface area contributed by atoms with Crippen molar-refractivity contribution in [1.29, 1.82) is 0 Å². The molecule has 4 rings (SSSR count). The van der Waals surface area contributed by atoms with Crippen molar-refractivity contribution in [3.8, 4) is 22.8 Å². The first kappa shape index (κ1) is 17.3. The maximum Gasteiger partial charge on any atom is 0.229 e. The number of amides is 1. The van der Waals surface area contributed by atoms with E-state index >= 15 is 0 Å². The number of thiazole rings is 1. The minimum atomic E-state index is -3.09. The Balaban J connectivity index is 1.70. The molecule has 0 bridgehead atoms. The van der Waals surface area contributed by atoms with Gasteiger partial charge < -0.3 is 9.47 Å². The molecule has 1 aromatic heterocycles. The summed E-state index contributed by atoms with van der Waals surface area (Å²) in [7, 11) is 0.0764. The monoisotopic (exact) mass is 394 g/mol. The van der Waals surface area contributed by atoms with Crippen molar-refractivity contribution in [1.82, 2.24) is 4.98 Å². The van der Waals surface area contributed by atoms with Gasteiger partial charge in [0.25, 0.3) is 0 Å². The fourth-order valence-electron chi connectivity index (χ4n) is 3.65. The molecule has 2 aromatic rings. The number of rotatable bonds is 4. The second-order valence-electron chi connectivity index (χ2n) is 6.45. The van der Waals surface area contributed by atoms with Crippen LogP contribution in [0, 0.1) is 5.92 Å². The van der Waals surface area contributed by atoms with E-state index in [4.69, 9.17) is 9.47 Å². The lowest BCUT2D eigenvalue weighted by Gasteiger charge is -2.19. The maximum absolute atomic E-state index is 12.4. The normalized spacial score (nSPS) is 23.9. The summed E-state index contributed by atoms with van der Waals surface area (Å²) in [4.78, 5) is 18.6. The number of anilines is 1. The standard InChI is InChI=1S/C17H18N2O5S2/c1-23-11-3-4-15(24-2)12(6-11)13-7-25-17(18-13)19-14-9-26(21,22)8-10(14)5-16(19)20/h3-4,6-7,10,14H,5,8-9H2,1-2H3. The van der Waals surface area contributed by atoms with Crippen molar-refractivity contribution >= 4 is 32.2 Å². The fraction of sp³-hybridized carbons (Fsp3) is 0.412. The van der Waals surface area contributed by atoms with Gasteiger partial charge in [-0.3, -0.25) is 9.69 Å². The lowest BCUT2D eigenvalue weighted by molar-refractivity contribution is -0.117. The topological polar surface area (TPSA) is 85.8 Å². The zero-order valence-electron chi connectivity index (χ0n) is 14.3. The summed E-state index contributed by atoms with van der Waals surface area (Å²) in [5.74, 6) is 1.23. The van der Waals surface area contributed by atoms with E-state index in [1.54, 1.807) is 31.3 Å². The fourth-order valence-corrected chi connectivity index (χ4v) is 6.62. The third-order valence-corrected chi connectivity index (χ3v) is 7.48. The number of nitrogens with zero attached hydrogens (tertiary/aromatic N) is 2. The second kappa shape index (κ2) is 6.24. The molecule has 1 aromatic carbocycles. The van der Waals surface area contributed by atoms with Gasteiger partial charge in [0.1, 0.15) is 11.5 Å². The molecule has 2 unspecified atom stereocenters. The van der Waals surface area contributed by atoms with Gasteiger partial charge in [0.2, 0.25) is 5.91 Å². The number of sulfone groups is 1. The number of carbonyl (C=O) groups excluding carboxylic acids is 1. The van der Waals surface area contributed by atoms with E-state index in [2.05, 4.69) is 4.98 Å². The second-order valence-corrected chi connectivity index (χ2v) is 9.44. The molecule has 138 valence electrons. The van der Waals surface area contributed by atoms with Gasteiger partial charge in [-0.2, -0.15) is 0 Å². The van der Waals surface area contributed by atoms with Gasteiger partial charge in [0.15, 0.2) is 15.0 Å². The van der Waals surface area contributed by atoms with Crippen LogP contribution in [0.5, 0.6) is 11.5 Å². The average molecular weight is 394 g/mol. The summed E-state index contributed by atoms with van der Waals surface area (Å²) in [6.07, 6.45) is 0.265. The van der Waals surface area contributed by atoms with Crippen LogP contribution >= 0.6 is 11.3 Å². The number of hydrogen-bond donors (Lipinski definition) is 0. The van der Waals surface area contributed by atoms with Gasteiger partial charge in [0.05, 0.1) is 37.5 Å². The van der Waals surface area contributed by atoms with Crippen molar-refractivity contribution < 1.29 is 22.7 Å². The lowest BCUT2D eigenvalue weighted by atomic mass is 10.1. The van der Waals surface area contributed by atoms with Crippen LogP contribution in [0.15, 0.2) is 23.6 Å². The van der Waals surface area contributed by atoms with E-state index in [1.807, 2.05) is 11.4 Å². The molecule has 0 spiro atoms. The molecule has 7 nitrogen and oxygen atoms in total. The molecule has 2 aliphatic rings. The van der Waals surface area contributed by atoms with E-state index in [0.29, 0.717) is 22.3 Å². The molecule has 3 heterocycles. The van der Waals surface area contributed by atoms with Crippen LogP contribution in [0.2, 0.25) is 0 Å². The molecule has 0 N–H and O–H groups in total. The molecule has 2 atom stereocenters. The van der Waals surface area contributed by atoms with Crippen molar-refractivity contribution in [2.24, 2.45) is 5.92 Å². The molecule has 0 aliphatic carbocycles. The highest BCUT2D eigenvalue weighted by Gasteiger charge is 2.50. The largest absolute Gasteiger partial charge is 0.497 e. The smallest absolute Gasteiger partial charge is 0.229 e. The van der Waals surface area contributed by atoms with E-state index in [0.717, 1.165) is 5.56 Å². The van der Waals surface area contributed by atoms with Gasteiger partial charge in [-0.1, -0.05) is 0 Å². The van der Waals surface area contributed by atoms with Crippen LogP contribution < -0.4 is 14.4 Å². The Morgan fingerprint density at radius 3 is 2.77 bits per heavy atom. The zero-order chi connectivity index (χ0) is 18.5. The summed E-state index contributed by atoms with van der Waals surface area (Å²) >= 11 is 1.33. The highest BCUT2D eigenvalue weighted by Crippen LogP contribution is 2.41. The summed E-state index contributed by atoms with van der Waals surface area (Å²) in [5, 5.41) is 2.37. The third-order valence-electron chi connectivity index (χ3n) is 4.85. The van der Waals surface area contributed by atoms with Crippen molar-refractivity contribution in [2.45, 2.75) is 12.5 Å². The van der Waals surface area contributed by atoms with E-state index in [1.165, 1.54) is 11.3 Å². The van der Waals surface area contributed by atoms with Crippen molar-refractivity contribution in [3.05, 3.63) is 23.6 Å². The van der Waals surface area contributed by atoms with Crippen molar-refractivity contribution in [2.75, 3.05) is 30.6 Å². The molecule has 2 aliphatic heterocycles. The van der Waals surface area contributed by atoms with Crippen LogP contribution in [-0.2, 0) is 14.6 Å². The van der Waals surface area contributed by atoms with Crippen LogP contribution in [0.1, 0.15) is 6.42 Å². The number of carbonyl (C=O) groups is 1. The van der Waals surface area contributed by atoms with Gasteiger partial charge in [-0.15, -0.1) is 11.3 Å². The summed E-state index contributed by atoms with van der Waals surface area (Å²) in [6.45, 7) is 0. The molecule has 1 amide bonds. The molecule has 2 fully saturated rings. The molecule has 2 saturated heterocycles. The highest BCUT2D eigenvalue weighted by atomic mass is 32.2. The number of ether oxygens (including phenoxy) is 2. The number of benzene rings is 1. The summed E-state index contributed by atoms with van der Waals surface area (Å²) in [6, 6.07) is 5.12. The average Bonchev–Trinajstić information content (AvgIpc) is 3.26. The van der Waals surface area contributed by atoms with Gasteiger partial charge >= 0.3 is 0 Å². The maximum atomic E-state index is 12.4. The number of methoxy groups -OCH3 is 2. The quantitative estimate of drug-likeness (QED) is 0.788. The summed E-state index contributed by atoms with van der Waals surface area (Å²) < 4.78 is 34.5. The Morgan fingerprint density at radius 1 is 1.23 bits per heavy atom. The Morgan fingerprint density at radius 2 is 2.04 bits per heavy atom. The Kier molecular flexibility index (Phi) is 4.15. The summed E-state index contributed by atoms with van der Waals surface area (Å²) in [5.41, 5.74) is 1.43. The molecular formula is C17H18N2O5S2. The molecule has 0 radical (unpaired) electrons. The number of fused-ring (bicyclic) bond motifs is 1. The zero-order valence-corrected chi connectivity index (χ0v) is 16.0. The minimum Gasteiger partial charge on any atom is -0.497 e. The van der Waals surface area contributed by atoms with Crippen LogP contribution in [0.4, 0.5) is 5.13 Å². The SMILES string of the molecule is COc1ccc(OC)c(-c2csc(N3C(=O)CC4CS(=O)(=O)CC43)n2)c1. The predicted octanol–water partition coefficient (Wildman–Crippen LogP) is 1.98. The van der Waals surface area contributed by atoms with Crippen molar-refractivity contribution in [3.63, 3.8) is 0 Å². The molecular weight excluding hydrogens is 376 g/mol. The third kappa shape index (κ3) is 2.84. The Labute approximate surface area is 155 Å². The van der Waals surface area contributed by atoms with E-state index in [9.17, 15) is 13.2 Å². The van der Waals surface area contributed by atoms with Crippen LogP contribution in [-0.4, -0.2) is 51.1 Å². The molecule has 26 heavy (non-hydrogen) atoms. The first-order valence-corrected chi connectivity index (χ1v) is 10.8. The van der Waals surface area contributed by atoms with E-state index < -0.39 is 9.84 Å². The highest BCUT2D eigenvalue weighted by molar-refractivity contribution is 7.91. The van der Waals surface area contributed by atoms with E-state index in [-0.39, 0.29) is 35.8 Å². The Hall–Kier alpha value is -2.13. The lowest BCUT2D eigenvalue weighted by Crippen LogP contribution is -2.36. The van der Waals surface area contributed by atoms with Gasteiger partial charge in [-0.25, -0.2) is 13.4 Å². The van der Waals surface area contributed by atoms with Gasteiger partial charge in [-0.05, 0) is 18.2 Å². The number of aromatic nitrogens is 1. The first-order valence-electron chi connectivity index (χ1n) is 8.12. The first-order chi connectivity index (χ1) is 12.4. The molecule has 0 saturated carbocycles. The van der Waals surface area contributed by atoms with Crippen LogP contribution in [0.3, 0.4) is 0 Å². The number of hydrogen-bond acceptors (Lipinski definition) is 7. The molecule has 9 heteroatoms. The predicted molar refractivity (Wildman–Crippen MR) is 98.7 cm³/mol. The Bertz CT molecular complexity index is 969. The van der Waals surface area contributed by atoms with Crippen LogP contribution in [0.25, 0.3) is 11.3 Å². The van der Waals surface area contributed by atoms with Gasteiger partial charge in [0, 0.05) is 23.3 Å². The minimum absolute atomic E-state index is 0.0147.